The fourth-order valence-corrected chi connectivity index (χ4v) is 3.70. The third kappa shape index (κ3) is 4.29. The zero-order chi connectivity index (χ0) is 17.2. The monoisotopic (exact) mass is 330 g/mol. The van der Waals surface area contributed by atoms with Crippen molar-refractivity contribution in [2.75, 3.05) is 26.2 Å². The van der Waals surface area contributed by atoms with Crippen LogP contribution < -0.4 is 5.32 Å². The highest BCUT2D eigenvalue weighted by molar-refractivity contribution is 5.68. The van der Waals surface area contributed by atoms with Gasteiger partial charge in [-0.3, -0.25) is 0 Å². The lowest BCUT2D eigenvalue weighted by Crippen LogP contribution is -2.41. The Balaban J connectivity index is 1.53. The van der Waals surface area contributed by atoms with E-state index in [0.29, 0.717) is 11.8 Å². The van der Waals surface area contributed by atoms with Crippen LogP contribution in [0.25, 0.3) is 0 Å². The SMILES string of the molecule is CC(C)(C)OC(=O)N1CCC(c2ccc(C3CCNC3)cc2)CC1. The molecule has 1 amide bonds. The van der Waals surface area contributed by atoms with Crippen molar-refractivity contribution in [2.45, 2.75) is 57.5 Å². The van der Waals surface area contributed by atoms with E-state index in [1.165, 1.54) is 17.5 Å². The second kappa shape index (κ2) is 7.14. The molecule has 2 aliphatic heterocycles. The average Bonchev–Trinajstić information content (AvgIpc) is 3.08. The number of benzene rings is 1. The van der Waals surface area contributed by atoms with E-state index >= 15 is 0 Å². The van der Waals surface area contributed by atoms with Crippen LogP contribution in [0.5, 0.6) is 0 Å². The fraction of sp³-hybridized carbons (Fsp3) is 0.650. The molecule has 132 valence electrons. The van der Waals surface area contributed by atoms with Crippen LogP contribution >= 0.6 is 0 Å². The van der Waals surface area contributed by atoms with E-state index in [1.54, 1.807) is 0 Å². The number of carbonyl (C=O) groups excluding carboxylic acids is 1. The Morgan fingerprint density at radius 3 is 2.12 bits per heavy atom. The first-order chi connectivity index (χ1) is 11.4. The number of amides is 1. The third-order valence-electron chi connectivity index (χ3n) is 5.09. The molecule has 2 fully saturated rings. The number of hydrogen-bond donors (Lipinski definition) is 1. The molecule has 0 spiro atoms. The number of ether oxygens (including phenoxy) is 1. The van der Waals surface area contributed by atoms with Gasteiger partial charge in [-0.1, -0.05) is 24.3 Å². The first-order valence-electron chi connectivity index (χ1n) is 9.21. The quantitative estimate of drug-likeness (QED) is 0.895. The third-order valence-corrected chi connectivity index (χ3v) is 5.09. The summed E-state index contributed by atoms with van der Waals surface area (Å²) in [7, 11) is 0. The van der Waals surface area contributed by atoms with Crippen molar-refractivity contribution < 1.29 is 9.53 Å². The molecule has 1 aromatic carbocycles. The van der Waals surface area contributed by atoms with Gasteiger partial charge in [0.2, 0.25) is 0 Å². The summed E-state index contributed by atoms with van der Waals surface area (Å²) in [5.74, 6) is 1.23. The smallest absolute Gasteiger partial charge is 0.410 e. The van der Waals surface area contributed by atoms with Crippen LogP contribution in [0, 0.1) is 0 Å². The minimum absolute atomic E-state index is 0.176. The Labute approximate surface area is 145 Å². The predicted octanol–water partition coefficient (Wildman–Crippen LogP) is 3.88. The fourth-order valence-electron chi connectivity index (χ4n) is 3.70. The lowest BCUT2D eigenvalue weighted by atomic mass is 9.88. The van der Waals surface area contributed by atoms with Gasteiger partial charge in [0.1, 0.15) is 5.60 Å². The molecule has 2 aliphatic rings. The van der Waals surface area contributed by atoms with Gasteiger partial charge >= 0.3 is 6.09 Å². The van der Waals surface area contributed by atoms with Gasteiger partial charge in [-0.2, -0.15) is 0 Å². The first kappa shape index (κ1) is 17.3. The van der Waals surface area contributed by atoms with Crippen molar-refractivity contribution in [3.05, 3.63) is 35.4 Å². The van der Waals surface area contributed by atoms with Crippen molar-refractivity contribution >= 4 is 6.09 Å². The molecular formula is C20H30N2O2. The van der Waals surface area contributed by atoms with Crippen LogP contribution in [0.3, 0.4) is 0 Å². The summed E-state index contributed by atoms with van der Waals surface area (Å²) in [6, 6.07) is 9.18. The molecular weight excluding hydrogens is 300 g/mol. The van der Waals surface area contributed by atoms with Crippen LogP contribution in [0.15, 0.2) is 24.3 Å². The summed E-state index contributed by atoms with van der Waals surface area (Å²) < 4.78 is 5.47. The molecule has 4 nitrogen and oxygen atoms in total. The molecule has 0 bridgehead atoms. The van der Waals surface area contributed by atoms with Crippen LogP contribution in [-0.4, -0.2) is 42.8 Å². The summed E-state index contributed by atoms with van der Waals surface area (Å²) in [4.78, 5) is 14.0. The van der Waals surface area contributed by atoms with Gasteiger partial charge in [-0.05, 0) is 69.5 Å². The van der Waals surface area contributed by atoms with Crippen molar-refractivity contribution in [1.29, 1.82) is 0 Å². The van der Waals surface area contributed by atoms with Gasteiger partial charge in [-0.15, -0.1) is 0 Å². The normalized spacial score (nSPS) is 22.6. The molecule has 1 aromatic rings. The van der Waals surface area contributed by atoms with Crippen molar-refractivity contribution in [1.82, 2.24) is 10.2 Å². The highest BCUT2D eigenvalue weighted by Gasteiger charge is 2.27. The van der Waals surface area contributed by atoms with Gasteiger partial charge in [0.25, 0.3) is 0 Å². The van der Waals surface area contributed by atoms with E-state index in [2.05, 4.69) is 29.6 Å². The topological polar surface area (TPSA) is 41.6 Å². The maximum Gasteiger partial charge on any atom is 0.410 e. The minimum Gasteiger partial charge on any atom is -0.444 e. The molecule has 4 heteroatoms. The minimum atomic E-state index is -0.418. The second-order valence-corrected chi connectivity index (χ2v) is 8.10. The number of carbonyl (C=O) groups is 1. The second-order valence-electron chi connectivity index (χ2n) is 8.10. The summed E-state index contributed by atoms with van der Waals surface area (Å²) >= 11 is 0. The molecule has 0 saturated carbocycles. The van der Waals surface area contributed by atoms with E-state index in [1.807, 2.05) is 25.7 Å². The highest BCUT2D eigenvalue weighted by Crippen LogP contribution is 2.30. The predicted molar refractivity (Wildman–Crippen MR) is 96.5 cm³/mol. The maximum atomic E-state index is 12.1. The van der Waals surface area contributed by atoms with Crippen molar-refractivity contribution in [2.24, 2.45) is 0 Å². The van der Waals surface area contributed by atoms with Gasteiger partial charge in [0.05, 0.1) is 0 Å². The van der Waals surface area contributed by atoms with Crippen molar-refractivity contribution in [3.63, 3.8) is 0 Å². The van der Waals surface area contributed by atoms with Gasteiger partial charge < -0.3 is 15.0 Å². The molecule has 2 heterocycles. The van der Waals surface area contributed by atoms with Crippen LogP contribution in [0.4, 0.5) is 4.79 Å². The number of likely N-dealkylation sites (tertiary alicyclic amines) is 1. The Hall–Kier alpha value is -1.55. The molecule has 0 aliphatic carbocycles. The average molecular weight is 330 g/mol. The largest absolute Gasteiger partial charge is 0.444 e. The van der Waals surface area contributed by atoms with Gasteiger partial charge in [0, 0.05) is 19.6 Å². The maximum absolute atomic E-state index is 12.1. The molecule has 0 aromatic heterocycles. The molecule has 1 atom stereocenters. The summed E-state index contributed by atoms with van der Waals surface area (Å²) in [6.45, 7) is 9.56. The number of nitrogens with zero attached hydrogens (tertiary/aromatic N) is 1. The Morgan fingerprint density at radius 2 is 1.62 bits per heavy atom. The van der Waals surface area contributed by atoms with E-state index in [0.717, 1.165) is 39.0 Å². The van der Waals surface area contributed by atoms with E-state index in [4.69, 9.17) is 4.74 Å². The zero-order valence-electron chi connectivity index (χ0n) is 15.2. The summed E-state index contributed by atoms with van der Waals surface area (Å²) in [6.07, 6.45) is 3.10. The standard InChI is InChI=1S/C20H30N2O2/c1-20(2,3)24-19(23)22-12-9-17(10-13-22)15-4-6-16(7-5-15)18-8-11-21-14-18/h4-7,17-18,21H,8-14H2,1-3H3. The number of hydrogen-bond acceptors (Lipinski definition) is 3. The molecule has 1 unspecified atom stereocenters. The Bertz CT molecular complexity index is 548. The van der Waals surface area contributed by atoms with Crippen LogP contribution in [-0.2, 0) is 4.74 Å². The number of nitrogens with one attached hydrogen (secondary N) is 1. The van der Waals surface area contributed by atoms with E-state index in [9.17, 15) is 4.79 Å². The first-order valence-corrected chi connectivity index (χ1v) is 9.21. The number of rotatable bonds is 2. The molecule has 2 saturated heterocycles. The Morgan fingerprint density at radius 1 is 1.04 bits per heavy atom. The van der Waals surface area contributed by atoms with Crippen LogP contribution in [0.1, 0.15) is 63.0 Å². The van der Waals surface area contributed by atoms with Gasteiger partial charge in [-0.25, -0.2) is 4.79 Å². The molecule has 24 heavy (non-hydrogen) atoms. The Kier molecular flexibility index (Phi) is 5.14. The molecule has 0 radical (unpaired) electrons. The van der Waals surface area contributed by atoms with E-state index < -0.39 is 5.60 Å². The lowest BCUT2D eigenvalue weighted by molar-refractivity contribution is 0.0205. The van der Waals surface area contributed by atoms with E-state index in [-0.39, 0.29) is 6.09 Å². The number of piperidine rings is 1. The van der Waals surface area contributed by atoms with Gasteiger partial charge in [0.15, 0.2) is 0 Å². The summed E-state index contributed by atoms with van der Waals surface area (Å²) in [5.41, 5.74) is 2.45. The van der Waals surface area contributed by atoms with Crippen LogP contribution in [0.2, 0.25) is 0 Å². The highest BCUT2D eigenvalue weighted by atomic mass is 16.6. The van der Waals surface area contributed by atoms with Crippen molar-refractivity contribution in [3.8, 4) is 0 Å². The summed E-state index contributed by atoms with van der Waals surface area (Å²) in [5, 5.41) is 3.43. The lowest BCUT2D eigenvalue weighted by Gasteiger charge is -2.33. The zero-order valence-corrected chi connectivity index (χ0v) is 15.2. The molecule has 1 N–H and O–H groups in total. The molecule has 3 rings (SSSR count).